The van der Waals surface area contributed by atoms with E-state index in [9.17, 15) is 0 Å². The van der Waals surface area contributed by atoms with E-state index in [1.165, 1.54) is 32.1 Å². The van der Waals surface area contributed by atoms with Gasteiger partial charge in [0.2, 0.25) is 0 Å². The number of aliphatic hydroxyl groups is 2. The fraction of sp³-hybridized carbons (Fsp3) is 0.714. The molecule has 27 heavy (non-hydrogen) atoms. The number of nitrogens with one attached hydrogen (secondary N) is 1. The number of hydrogen-bond donors (Lipinski definition) is 4. The average Bonchev–Trinajstić information content (AvgIpc) is 2.64. The first-order valence-electron chi connectivity index (χ1n) is 10.2. The lowest BCUT2D eigenvalue weighted by atomic mass is 10.1. The third kappa shape index (κ3) is 10.4. The van der Waals surface area contributed by atoms with Crippen molar-refractivity contribution in [3.05, 3.63) is 17.7 Å². The van der Waals surface area contributed by atoms with Crippen molar-refractivity contribution in [3.8, 4) is 11.5 Å². The van der Waals surface area contributed by atoms with Crippen LogP contribution in [-0.2, 0) is 6.42 Å². The van der Waals surface area contributed by atoms with Gasteiger partial charge in [0.15, 0.2) is 17.8 Å². The van der Waals surface area contributed by atoms with Crippen LogP contribution in [0.25, 0.3) is 0 Å². The summed E-state index contributed by atoms with van der Waals surface area (Å²) in [6.45, 7) is 4.43. The van der Waals surface area contributed by atoms with Crippen molar-refractivity contribution in [1.82, 2.24) is 5.32 Å². The molecule has 0 unspecified atom stereocenters. The number of benzene rings is 1. The van der Waals surface area contributed by atoms with E-state index in [0.717, 1.165) is 37.9 Å². The van der Waals surface area contributed by atoms with Crippen LogP contribution in [0.4, 0.5) is 5.69 Å². The second kappa shape index (κ2) is 14.5. The van der Waals surface area contributed by atoms with Crippen molar-refractivity contribution in [1.29, 1.82) is 0 Å². The largest absolute Gasteiger partial charge is 0.493 e. The number of aliphatic hydroxyl groups excluding tert-OH is 1. The molecule has 1 rings (SSSR count). The minimum Gasteiger partial charge on any atom is -0.493 e. The molecule has 0 aliphatic carbocycles. The smallest absolute Gasteiger partial charge is 0.184 e. The van der Waals surface area contributed by atoms with E-state index < -0.39 is 6.29 Å². The zero-order valence-corrected chi connectivity index (χ0v) is 17.0. The number of nitrogens with two attached hydrogens (primary N) is 1. The SMILES string of the molecule is CCCCCCCCOc1c(N)cc(CCNCCCC(O)O)cc1OC. The van der Waals surface area contributed by atoms with E-state index in [-0.39, 0.29) is 0 Å². The summed E-state index contributed by atoms with van der Waals surface area (Å²) in [5.41, 5.74) is 7.88. The lowest BCUT2D eigenvalue weighted by Crippen LogP contribution is -2.20. The van der Waals surface area contributed by atoms with Gasteiger partial charge in [0, 0.05) is 0 Å². The fourth-order valence-electron chi connectivity index (χ4n) is 2.96. The summed E-state index contributed by atoms with van der Waals surface area (Å²) < 4.78 is 11.4. The van der Waals surface area contributed by atoms with Crippen LogP contribution in [0.5, 0.6) is 11.5 Å². The lowest BCUT2D eigenvalue weighted by Gasteiger charge is -2.15. The minimum absolute atomic E-state index is 0.387. The van der Waals surface area contributed by atoms with Gasteiger partial charge >= 0.3 is 0 Å². The summed E-state index contributed by atoms with van der Waals surface area (Å²) in [6.07, 6.45) is 8.05. The molecule has 0 saturated carbocycles. The fourth-order valence-corrected chi connectivity index (χ4v) is 2.96. The number of nitrogen functional groups attached to an aromatic ring is 1. The summed E-state index contributed by atoms with van der Waals surface area (Å²) in [5, 5.41) is 20.9. The molecule has 0 amide bonds. The van der Waals surface area contributed by atoms with Crippen LogP contribution in [0, 0.1) is 0 Å². The van der Waals surface area contributed by atoms with E-state index in [2.05, 4.69) is 12.2 Å². The Morgan fingerprint density at radius 1 is 1.04 bits per heavy atom. The molecule has 0 spiro atoms. The normalized spacial score (nSPS) is 11.1. The molecule has 0 aromatic heterocycles. The van der Waals surface area contributed by atoms with E-state index in [1.807, 2.05) is 12.1 Å². The quantitative estimate of drug-likeness (QED) is 0.199. The first-order valence-corrected chi connectivity index (χ1v) is 10.2. The monoisotopic (exact) mass is 382 g/mol. The number of ether oxygens (including phenoxy) is 2. The van der Waals surface area contributed by atoms with Gasteiger partial charge in [0.05, 0.1) is 19.4 Å². The van der Waals surface area contributed by atoms with Crippen molar-refractivity contribution in [2.45, 2.75) is 71.0 Å². The standard InChI is InChI=1S/C21H38N2O4/c1-3-4-5-6-7-8-14-27-21-18(22)15-17(16-19(21)26-2)11-13-23-12-9-10-20(24)25/h15-16,20,23-25H,3-14,22H2,1-2H3. The maximum atomic E-state index is 8.81. The van der Waals surface area contributed by atoms with Crippen molar-refractivity contribution >= 4 is 5.69 Å². The van der Waals surface area contributed by atoms with Crippen LogP contribution >= 0.6 is 0 Å². The molecule has 6 heteroatoms. The average molecular weight is 383 g/mol. The molecule has 0 radical (unpaired) electrons. The number of anilines is 1. The van der Waals surface area contributed by atoms with Gasteiger partial charge in [-0.15, -0.1) is 0 Å². The molecule has 5 N–H and O–H groups in total. The maximum Gasteiger partial charge on any atom is 0.184 e. The zero-order chi connectivity index (χ0) is 19.9. The van der Waals surface area contributed by atoms with Crippen LogP contribution in [0.1, 0.15) is 63.9 Å². The van der Waals surface area contributed by atoms with Gasteiger partial charge in [-0.25, -0.2) is 0 Å². The van der Waals surface area contributed by atoms with E-state index in [0.29, 0.717) is 30.2 Å². The molecule has 0 heterocycles. The van der Waals surface area contributed by atoms with Gasteiger partial charge in [-0.2, -0.15) is 0 Å². The summed E-state index contributed by atoms with van der Waals surface area (Å²) in [5.74, 6) is 1.32. The molecule has 6 nitrogen and oxygen atoms in total. The second-order valence-electron chi connectivity index (χ2n) is 6.96. The number of unbranched alkanes of at least 4 members (excludes halogenated alkanes) is 5. The molecular formula is C21H38N2O4. The molecule has 156 valence electrons. The Labute approximate surface area is 164 Å². The molecule has 1 aromatic rings. The van der Waals surface area contributed by atoms with Gasteiger partial charge < -0.3 is 30.7 Å². The van der Waals surface area contributed by atoms with Crippen molar-refractivity contribution in [3.63, 3.8) is 0 Å². The predicted octanol–water partition coefficient (Wildman–Crippen LogP) is 3.24. The third-order valence-electron chi connectivity index (χ3n) is 4.51. The van der Waals surface area contributed by atoms with Crippen LogP contribution < -0.4 is 20.5 Å². The van der Waals surface area contributed by atoms with Crippen molar-refractivity contribution in [2.75, 3.05) is 32.5 Å². The first-order chi connectivity index (χ1) is 13.1. The molecule has 0 atom stereocenters. The number of rotatable bonds is 16. The van der Waals surface area contributed by atoms with Crippen LogP contribution in [0.15, 0.2) is 12.1 Å². The lowest BCUT2D eigenvalue weighted by molar-refractivity contribution is -0.0460. The van der Waals surface area contributed by atoms with Crippen LogP contribution in [-0.4, -0.2) is 43.3 Å². The molecule has 0 aliphatic heterocycles. The molecular weight excluding hydrogens is 344 g/mol. The summed E-state index contributed by atoms with van der Waals surface area (Å²) in [7, 11) is 1.63. The molecule has 0 bridgehead atoms. The Bertz CT molecular complexity index is 509. The zero-order valence-electron chi connectivity index (χ0n) is 17.0. The van der Waals surface area contributed by atoms with Crippen LogP contribution in [0.2, 0.25) is 0 Å². The summed E-state index contributed by atoms with van der Waals surface area (Å²) in [6, 6.07) is 3.92. The Morgan fingerprint density at radius 2 is 1.78 bits per heavy atom. The second-order valence-corrected chi connectivity index (χ2v) is 6.96. The Kier molecular flexibility index (Phi) is 12.7. The van der Waals surface area contributed by atoms with Crippen molar-refractivity contribution in [2.24, 2.45) is 0 Å². The number of hydrogen-bond acceptors (Lipinski definition) is 6. The van der Waals surface area contributed by atoms with Gasteiger partial charge in [0.1, 0.15) is 0 Å². The Hall–Kier alpha value is -1.50. The number of methoxy groups -OCH3 is 1. The maximum absolute atomic E-state index is 8.81. The topological polar surface area (TPSA) is 97.0 Å². The summed E-state index contributed by atoms with van der Waals surface area (Å²) >= 11 is 0. The minimum atomic E-state index is -1.22. The Morgan fingerprint density at radius 3 is 2.48 bits per heavy atom. The molecule has 0 saturated heterocycles. The first kappa shape index (κ1) is 23.5. The highest BCUT2D eigenvalue weighted by atomic mass is 16.5. The predicted molar refractivity (Wildman–Crippen MR) is 110 cm³/mol. The van der Waals surface area contributed by atoms with E-state index >= 15 is 0 Å². The third-order valence-corrected chi connectivity index (χ3v) is 4.51. The highest BCUT2D eigenvalue weighted by molar-refractivity contribution is 5.62. The van der Waals surface area contributed by atoms with Crippen molar-refractivity contribution < 1.29 is 19.7 Å². The van der Waals surface area contributed by atoms with Gasteiger partial charge in [0.25, 0.3) is 0 Å². The summed E-state index contributed by atoms with van der Waals surface area (Å²) in [4.78, 5) is 0. The highest BCUT2D eigenvalue weighted by Crippen LogP contribution is 2.35. The van der Waals surface area contributed by atoms with E-state index in [4.69, 9.17) is 25.4 Å². The molecule has 1 aromatic carbocycles. The Balaban J connectivity index is 2.38. The van der Waals surface area contributed by atoms with Gasteiger partial charge in [-0.05, 0) is 56.5 Å². The van der Waals surface area contributed by atoms with E-state index in [1.54, 1.807) is 7.11 Å². The van der Waals surface area contributed by atoms with Crippen LogP contribution in [0.3, 0.4) is 0 Å². The molecule has 0 fully saturated rings. The molecule has 0 aliphatic rings. The van der Waals surface area contributed by atoms with Gasteiger partial charge in [-0.3, -0.25) is 0 Å². The highest BCUT2D eigenvalue weighted by Gasteiger charge is 2.11. The van der Waals surface area contributed by atoms with Gasteiger partial charge in [-0.1, -0.05) is 39.0 Å².